The van der Waals surface area contributed by atoms with Crippen LogP contribution in [0.5, 0.6) is 0 Å². The highest BCUT2D eigenvalue weighted by atomic mass is 16.3. The van der Waals surface area contributed by atoms with Gasteiger partial charge in [0, 0.05) is 18.7 Å². The molecule has 4 nitrogen and oxygen atoms in total. The molecule has 0 spiro atoms. The van der Waals surface area contributed by atoms with Crippen molar-refractivity contribution in [2.45, 2.75) is 65.0 Å². The minimum Gasteiger partial charge on any atom is -0.396 e. The van der Waals surface area contributed by atoms with Crippen LogP contribution in [0.15, 0.2) is 0 Å². The fourth-order valence-corrected chi connectivity index (χ4v) is 2.84. The molecular weight excluding hydrogens is 228 g/mol. The largest absolute Gasteiger partial charge is 0.396 e. The first-order valence-corrected chi connectivity index (χ1v) is 7.22. The van der Waals surface area contributed by atoms with E-state index in [0.717, 1.165) is 6.42 Å². The van der Waals surface area contributed by atoms with Crippen molar-refractivity contribution in [3.05, 3.63) is 0 Å². The Bertz CT molecular complexity index is 256. The zero-order valence-electron chi connectivity index (χ0n) is 11.9. The van der Waals surface area contributed by atoms with Gasteiger partial charge in [-0.3, -0.25) is 0 Å². The average molecular weight is 256 g/mol. The predicted octanol–water partition coefficient (Wildman–Crippen LogP) is 2.27. The minimum atomic E-state index is -0.0894. The molecule has 0 radical (unpaired) electrons. The molecular formula is C14H28N2O2. The first kappa shape index (κ1) is 15.3. The monoisotopic (exact) mass is 256 g/mol. The first-order chi connectivity index (χ1) is 8.54. The third kappa shape index (κ3) is 4.84. The van der Waals surface area contributed by atoms with Gasteiger partial charge < -0.3 is 15.7 Å². The molecule has 106 valence electrons. The summed E-state index contributed by atoms with van der Waals surface area (Å²) in [5, 5.41) is 14.8. The molecule has 0 aromatic heterocycles. The molecule has 0 bridgehead atoms. The number of carbonyl (C=O) groups excluding carboxylic acids is 1. The van der Waals surface area contributed by atoms with E-state index in [0.29, 0.717) is 24.3 Å². The van der Waals surface area contributed by atoms with Crippen molar-refractivity contribution in [2.75, 3.05) is 6.61 Å². The number of nitrogens with one attached hydrogen (secondary N) is 2. The number of amides is 2. The van der Waals surface area contributed by atoms with Crippen molar-refractivity contribution in [1.82, 2.24) is 10.6 Å². The van der Waals surface area contributed by atoms with Crippen molar-refractivity contribution in [3.63, 3.8) is 0 Å². The summed E-state index contributed by atoms with van der Waals surface area (Å²) < 4.78 is 0. The van der Waals surface area contributed by atoms with Gasteiger partial charge in [-0.15, -0.1) is 0 Å². The number of rotatable bonds is 5. The van der Waals surface area contributed by atoms with Crippen LogP contribution < -0.4 is 10.6 Å². The maximum atomic E-state index is 11.9. The zero-order chi connectivity index (χ0) is 13.5. The maximum absolute atomic E-state index is 11.9. The van der Waals surface area contributed by atoms with Crippen LogP contribution in [0.4, 0.5) is 4.79 Å². The molecule has 4 heteroatoms. The van der Waals surface area contributed by atoms with Gasteiger partial charge in [-0.25, -0.2) is 4.79 Å². The van der Waals surface area contributed by atoms with E-state index in [1.54, 1.807) is 0 Å². The Morgan fingerprint density at radius 3 is 2.56 bits per heavy atom. The summed E-state index contributed by atoms with van der Waals surface area (Å²) in [4.78, 5) is 11.9. The van der Waals surface area contributed by atoms with E-state index in [4.69, 9.17) is 5.11 Å². The van der Waals surface area contributed by atoms with Crippen LogP contribution in [0.25, 0.3) is 0 Å². The van der Waals surface area contributed by atoms with Crippen molar-refractivity contribution in [1.29, 1.82) is 0 Å². The van der Waals surface area contributed by atoms with Crippen LogP contribution in [-0.4, -0.2) is 29.8 Å². The second-order valence-electron chi connectivity index (χ2n) is 5.83. The molecule has 1 aliphatic rings. The fraction of sp³-hybridized carbons (Fsp3) is 0.929. The predicted molar refractivity (Wildman–Crippen MR) is 73.4 cm³/mol. The van der Waals surface area contributed by atoms with Crippen molar-refractivity contribution < 1.29 is 9.90 Å². The summed E-state index contributed by atoms with van der Waals surface area (Å²) in [6, 6.07) is 0.240. The number of hydrogen-bond donors (Lipinski definition) is 3. The maximum Gasteiger partial charge on any atom is 0.315 e. The Balaban J connectivity index is 2.41. The summed E-state index contributed by atoms with van der Waals surface area (Å²) in [7, 11) is 0. The second kappa shape index (κ2) is 7.62. The topological polar surface area (TPSA) is 61.4 Å². The summed E-state index contributed by atoms with van der Waals surface area (Å²) >= 11 is 0. The quantitative estimate of drug-likeness (QED) is 0.706. The molecule has 1 fully saturated rings. The van der Waals surface area contributed by atoms with Gasteiger partial charge in [0.1, 0.15) is 0 Å². The number of carbonyl (C=O) groups is 1. The Morgan fingerprint density at radius 2 is 1.94 bits per heavy atom. The van der Waals surface area contributed by atoms with Crippen molar-refractivity contribution in [3.8, 4) is 0 Å². The van der Waals surface area contributed by atoms with Crippen LogP contribution in [0.3, 0.4) is 0 Å². The van der Waals surface area contributed by atoms with Crippen LogP contribution in [-0.2, 0) is 0 Å². The lowest BCUT2D eigenvalue weighted by atomic mass is 9.78. The van der Waals surface area contributed by atoms with E-state index in [1.807, 2.05) is 6.92 Å². The molecule has 18 heavy (non-hydrogen) atoms. The van der Waals surface area contributed by atoms with Gasteiger partial charge in [-0.2, -0.15) is 0 Å². The van der Waals surface area contributed by atoms with Crippen molar-refractivity contribution in [2.24, 2.45) is 11.8 Å². The van der Waals surface area contributed by atoms with E-state index in [-0.39, 0.29) is 18.7 Å². The van der Waals surface area contributed by atoms with E-state index >= 15 is 0 Å². The van der Waals surface area contributed by atoms with Gasteiger partial charge in [0.05, 0.1) is 0 Å². The Morgan fingerprint density at radius 1 is 1.28 bits per heavy atom. The molecule has 1 saturated carbocycles. The molecule has 3 N–H and O–H groups in total. The number of aliphatic hydroxyl groups excluding tert-OH is 1. The average Bonchev–Trinajstić information content (AvgIpc) is 2.29. The smallest absolute Gasteiger partial charge is 0.315 e. The van der Waals surface area contributed by atoms with E-state index in [2.05, 4.69) is 24.5 Å². The van der Waals surface area contributed by atoms with Crippen LogP contribution in [0.2, 0.25) is 0 Å². The molecule has 0 aliphatic heterocycles. The molecule has 1 aliphatic carbocycles. The molecule has 0 aromatic rings. The van der Waals surface area contributed by atoms with E-state index in [1.165, 1.54) is 19.3 Å². The minimum absolute atomic E-state index is 0.0242. The van der Waals surface area contributed by atoms with Gasteiger partial charge in [0.15, 0.2) is 0 Å². The zero-order valence-corrected chi connectivity index (χ0v) is 11.9. The second-order valence-corrected chi connectivity index (χ2v) is 5.83. The third-order valence-corrected chi connectivity index (χ3v) is 3.93. The highest BCUT2D eigenvalue weighted by molar-refractivity contribution is 5.74. The van der Waals surface area contributed by atoms with Gasteiger partial charge in [0.2, 0.25) is 0 Å². The summed E-state index contributed by atoms with van der Waals surface area (Å²) in [6.45, 7) is 6.49. The molecule has 2 unspecified atom stereocenters. The van der Waals surface area contributed by atoms with Crippen LogP contribution in [0.1, 0.15) is 52.9 Å². The lowest BCUT2D eigenvalue weighted by molar-refractivity contribution is 0.190. The van der Waals surface area contributed by atoms with Crippen LogP contribution >= 0.6 is 0 Å². The molecule has 0 saturated heterocycles. The third-order valence-electron chi connectivity index (χ3n) is 3.93. The van der Waals surface area contributed by atoms with Gasteiger partial charge in [0.25, 0.3) is 0 Å². The van der Waals surface area contributed by atoms with Gasteiger partial charge in [-0.05, 0) is 38.0 Å². The SMILES string of the molecule is CC(C)C1CCCCC1NC(=O)N[C@H](C)CCO. The number of hydrogen-bond acceptors (Lipinski definition) is 2. The highest BCUT2D eigenvalue weighted by Gasteiger charge is 2.28. The van der Waals surface area contributed by atoms with Crippen molar-refractivity contribution >= 4 is 6.03 Å². The molecule has 0 aromatic carbocycles. The molecule has 2 amide bonds. The fourth-order valence-electron chi connectivity index (χ4n) is 2.84. The Kier molecular flexibility index (Phi) is 6.47. The summed E-state index contributed by atoms with van der Waals surface area (Å²) in [5.41, 5.74) is 0. The van der Waals surface area contributed by atoms with E-state index < -0.39 is 0 Å². The molecule has 0 heterocycles. The van der Waals surface area contributed by atoms with Crippen LogP contribution in [0, 0.1) is 11.8 Å². The summed E-state index contributed by atoms with van der Waals surface area (Å²) in [5.74, 6) is 1.21. The number of aliphatic hydroxyl groups is 1. The van der Waals surface area contributed by atoms with E-state index in [9.17, 15) is 4.79 Å². The summed E-state index contributed by atoms with van der Waals surface area (Å²) in [6.07, 6.45) is 5.40. The standard InChI is InChI=1S/C14H28N2O2/c1-10(2)12-6-4-5-7-13(12)16-14(18)15-11(3)8-9-17/h10-13,17H,4-9H2,1-3H3,(H2,15,16,18)/t11-,12?,13?/m1/s1. The van der Waals surface area contributed by atoms with Gasteiger partial charge >= 0.3 is 6.03 Å². The Labute approximate surface area is 111 Å². The normalized spacial score (nSPS) is 25.8. The Hall–Kier alpha value is -0.770. The molecule has 1 rings (SSSR count). The van der Waals surface area contributed by atoms with Gasteiger partial charge in [-0.1, -0.05) is 26.7 Å². The first-order valence-electron chi connectivity index (χ1n) is 7.22. The number of urea groups is 1. The lowest BCUT2D eigenvalue weighted by Crippen LogP contribution is -2.50. The molecule has 3 atom stereocenters. The highest BCUT2D eigenvalue weighted by Crippen LogP contribution is 2.30. The lowest BCUT2D eigenvalue weighted by Gasteiger charge is -2.35.